The fourth-order valence-corrected chi connectivity index (χ4v) is 4.86. The van der Waals surface area contributed by atoms with Gasteiger partial charge in [-0.25, -0.2) is 9.97 Å². The van der Waals surface area contributed by atoms with Crippen molar-refractivity contribution in [2.24, 2.45) is 11.8 Å². The second kappa shape index (κ2) is 6.26. The van der Waals surface area contributed by atoms with Gasteiger partial charge < -0.3 is 9.47 Å². The Bertz CT molecular complexity index is 823. The van der Waals surface area contributed by atoms with Gasteiger partial charge in [0.2, 0.25) is 0 Å². The minimum atomic E-state index is 0.0581. The van der Waals surface area contributed by atoms with Gasteiger partial charge in [-0.05, 0) is 18.3 Å². The van der Waals surface area contributed by atoms with E-state index in [9.17, 15) is 0 Å². The molecule has 3 aliphatic rings. The summed E-state index contributed by atoms with van der Waals surface area (Å²) < 4.78 is 2.33. The van der Waals surface area contributed by atoms with E-state index in [1.807, 2.05) is 0 Å². The number of aromatic nitrogens is 5. The molecule has 5 rings (SSSR count). The summed E-state index contributed by atoms with van der Waals surface area (Å²) in [6.07, 6.45) is 4.03. The van der Waals surface area contributed by atoms with Crippen molar-refractivity contribution >= 4 is 5.82 Å². The summed E-state index contributed by atoms with van der Waals surface area (Å²) >= 11 is 0. The van der Waals surface area contributed by atoms with Gasteiger partial charge in [-0.15, -0.1) is 10.2 Å². The van der Waals surface area contributed by atoms with Gasteiger partial charge >= 0.3 is 0 Å². The molecule has 7 nitrogen and oxygen atoms in total. The van der Waals surface area contributed by atoms with Crippen molar-refractivity contribution in [3.05, 3.63) is 29.7 Å². The van der Waals surface area contributed by atoms with Gasteiger partial charge in [0.1, 0.15) is 23.8 Å². The monoisotopic (exact) mass is 367 g/mol. The molecule has 2 saturated heterocycles. The van der Waals surface area contributed by atoms with Gasteiger partial charge in [-0.2, -0.15) is 0 Å². The lowest BCUT2D eigenvalue weighted by Crippen LogP contribution is -2.30. The number of anilines is 1. The Labute approximate surface area is 160 Å². The first-order chi connectivity index (χ1) is 13.0. The van der Waals surface area contributed by atoms with E-state index in [1.165, 1.54) is 12.2 Å². The van der Waals surface area contributed by atoms with Crippen LogP contribution < -0.4 is 4.90 Å². The van der Waals surface area contributed by atoms with Crippen molar-refractivity contribution in [3.63, 3.8) is 0 Å². The molecule has 0 radical (unpaired) electrons. The van der Waals surface area contributed by atoms with Crippen LogP contribution in [0.5, 0.6) is 0 Å². The summed E-state index contributed by atoms with van der Waals surface area (Å²) in [4.78, 5) is 14.1. The fourth-order valence-electron chi connectivity index (χ4n) is 4.86. The largest absolute Gasteiger partial charge is 0.356 e. The molecule has 0 aliphatic carbocycles. The second-order valence-corrected chi connectivity index (χ2v) is 9.42. The van der Waals surface area contributed by atoms with Gasteiger partial charge in [0.15, 0.2) is 0 Å². The number of likely N-dealkylation sites (tertiary alicyclic amines) is 1. The normalized spacial score (nSPS) is 25.2. The third kappa shape index (κ3) is 3.12. The lowest BCUT2D eigenvalue weighted by Gasteiger charge is -2.24. The summed E-state index contributed by atoms with van der Waals surface area (Å²) in [5.74, 6) is 4.86. The average Bonchev–Trinajstić information content (AvgIpc) is 3.36. The van der Waals surface area contributed by atoms with Crippen LogP contribution >= 0.6 is 0 Å². The Balaban J connectivity index is 1.23. The third-order valence-corrected chi connectivity index (χ3v) is 6.36. The molecule has 0 saturated carbocycles. The lowest BCUT2D eigenvalue weighted by atomic mass is 9.92. The summed E-state index contributed by atoms with van der Waals surface area (Å²) in [7, 11) is 0. The van der Waals surface area contributed by atoms with Gasteiger partial charge in [-0.3, -0.25) is 4.90 Å². The highest BCUT2D eigenvalue weighted by molar-refractivity contribution is 5.42. The minimum Gasteiger partial charge on any atom is -0.356 e. The molecule has 0 aromatic carbocycles. The van der Waals surface area contributed by atoms with E-state index in [1.54, 1.807) is 6.33 Å². The van der Waals surface area contributed by atoms with Gasteiger partial charge in [0, 0.05) is 50.6 Å². The van der Waals surface area contributed by atoms with E-state index in [2.05, 4.69) is 61.4 Å². The van der Waals surface area contributed by atoms with Crippen molar-refractivity contribution in [1.82, 2.24) is 29.6 Å². The smallest absolute Gasteiger partial charge is 0.147 e. The lowest BCUT2D eigenvalue weighted by molar-refractivity contribution is 0.296. The van der Waals surface area contributed by atoms with Gasteiger partial charge in [0.25, 0.3) is 0 Å². The Kier molecular flexibility index (Phi) is 3.96. The first-order valence-electron chi connectivity index (χ1n) is 10.2. The average molecular weight is 368 g/mol. The molecule has 0 N–H and O–H groups in total. The quantitative estimate of drug-likeness (QED) is 0.825. The van der Waals surface area contributed by atoms with Crippen LogP contribution in [0.2, 0.25) is 0 Å². The van der Waals surface area contributed by atoms with Crippen molar-refractivity contribution in [3.8, 4) is 0 Å². The zero-order valence-electron chi connectivity index (χ0n) is 16.6. The van der Waals surface area contributed by atoms with Crippen molar-refractivity contribution in [2.45, 2.75) is 52.1 Å². The summed E-state index contributed by atoms with van der Waals surface area (Å²) in [6, 6.07) is 2.18. The number of hydrogen-bond acceptors (Lipinski definition) is 6. The number of nitrogens with zero attached hydrogens (tertiary/aromatic N) is 7. The molecule has 2 aromatic rings. The standard InChI is InChI=1S/C20H29N7/c1-20(2,3)16-7-18(22-13-21-16)26-10-14-8-25(9-15(14)11-26)12-19-24-23-17-5-4-6-27(17)19/h7,13-15H,4-6,8-12H2,1-3H3. The van der Waals surface area contributed by atoms with Gasteiger partial charge in [-0.1, -0.05) is 20.8 Å². The zero-order chi connectivity index (χ0) is 18.6. The molecule has 0 amide bonds. The van der Waals surface area contributed by atoms with Crippen LogP contribution in [0, 0.1) is 11.8 Å². The SMILES string of the molecule is CC(C)(C)c1cc(N2CC3CN(Cc4nnc5n4CCC5)CC3C2)ncn1. The molecule has 2 aromatic heterocycles. The van der Waals surface area contributed by atoms with E-state index in [0.717, 1.165) is 74.9 Å². The highest BCUT2D eigenvalue weighted by Gasteiger charge is 2.41. The highest BCUT2D eigenvalue weighted by Crippen LogP contribution is 2.34. The molecule has 5 heterocycles. The van der Waals surface area contributed by atoms with Crippen molar-refractivity contribution < 1.29 is 0 Å². The number of fused-ring (bicyclic) bond motifs is 2. The summed E-state index contributed by atoms with van der Waals surface area (Å²) in [5.41, 5.74) is 1.18. The topological polar surface area (TPSA) is 63.0 Å². The minimum absolute atomic E-state index is 0.0581. The van der Waals surface area contributed by atoms with E-state index in [0.29, 0.717) is 0 Å². The van der Waals surface area contributed by atoms with Crippen LogP contribution in [-0.2, 0) is 24.9 Å². The van der Waals surface area contributed by atoms with Crippen LogP contribution in [0.4, 0.5) is 5.82 Å². The maximum absolute atomic E-state index is 4.56. The molecule has 3 aliphatic heterocycles. The van der Waals surface area contributed by atoms with E-state index in [-0.39, 0.29) is 5.41 Å². The molecule has 2 unspecified atom stereocenters. The second-order valence-electron chi connectivity index (χ2n) is 9.42. The van der Waals surface area contributed by atoms with Crippen LogP contribution in [-0.4, -0.2) is 55.8 Å². The van der Waals surface area contributed by atoms with E-state index in [4.69, 9.17) is 0 Å². The predicted molar refractivity (Wildman–Crippen MR) is 104 cm³/mol. The third-order valence-electron chi connectivity index (χ3n) is 6.36. The first-order valence-corrected chi connectivity index (χ1v) is 10.2. The summed E-state index contributed by atoms with van der Waals surface area (Å²) in [6.45, 7) is 13.2. The molecular weight excluding hydrogens is 338 g/mol. The highest BCUT2D eigenvalue weighted by atomic mass is 15.3. The van der Waals surface area contributed by atoms with Crippen LogP contribution in [0.3, 0.4) is 0 Å². The van der Waals surface area contributed by atoms with E-state index >= 15 is 0 Å². The summed E-state index contributed by atoms with van der Waals surface area (Å²) in [5, 5.41) is 8.79. The molecule has 0 bridgehead atoms. The molecule has 2 atom stereocenters. The van der Waals surface area contributed by atoms with Crippen LogP contribution in [0.1, 0.15) is 44.5 Å². The Morgan fingerprint density at radius 3 is 2.56 bits per heavy atom. The Hall–Kier alpha value is -2.02. The first kappa shape index (κ1) is 17.1. The number of aryl methyl sites for hydroxylation is 1. The fraction of sp³-hybridized carbons (Fsp3) is 0.700. The molecule has 27 heavy (non-hydrogen) atoms. The Morgan fingerprint density at radius 2 is 1.81 bits per heavy atom. The van der Waals surface area contributed by atoms with E-state index < -0.39 is 0 Å². The molecule has 144 valence electrons. The molecule has 7 heteroatoms. The van der Waals surface area contributed by atoms with Gasteiger partial charge in [0.05, 0.1) is 12.2 Å². The molecular formula is C20H29N7. The molecule has 2 fully saturated rings. The maximum atomic E-state index is 4.56. The predicted octanol–water partition coefficient (Wildman–Crippen LogP) is 1.88. The number of rotatable bonds is 3. The Morgan fingerprint density at radius 1 is 1.04 bits per heavy atom. The maximum Gasteiger partial charge on any atom is 0.147 e. The zero-order valence-corrected chi connectivity index (χ0v) is 16.6. The van der Waals surface area contributed by atoms with Crippen molar-refractivity contribution in [1.29, 1.82) is 0 Å². The number of hydrogen-bond donors (Lipinski definition) is 0. The van der Waals surface area contributed by atoms with Crippen molar-refractivity contribution in [2.75, 3.05) is 31.1 Å². The van der Waals surface area contributed by atoms with Crippen LogP contribution in [0.25, 0.3) is 0 Å². The molecule has 0 spiro atoms. The van der Waals surface area contributed by atoms with Crippen LogP contribution in [0.15, 0.2) is 12.4 Å².